The van der Waals surface area contributed by atoms with Crippen molar-refractivity contribution in [3.05, 3.63) is 83.4 Å². The first kappa shape index (κ1) is 34.6. The largest absolute Gasteiger partial charge is 0.399 e. The monoisotopic (exact) mass is 693 g/mol. The molecule has 0 aromatic heterocycles. The molecule has 3 saturated heterocycles. The molecular formula is C35H38F2N5O6P. The van der Waals surface area contributed by atoms with Crippen LogP contribution in [0.15, 0.2) is 66.7 Å². The summed E-state index contributed by atoms with van der Waals surface area (Å²) in [4.78, 5) is 65.7. The summed E-state index contributed by atoms with van der Waals surface area (Å²) in [6, 6.07) is 17.5. The summed E-state index contributed by atoms with van der Waals surface area (Å²) in [6.45, 7) is 4.09. The number of fused-ring (bicyclic) bond motifs is 2. The van der Waals surface area contributed by atoms with Gasteiger partial charge >= 0.3 is 13.3 Å². The number of nitrogens with one attached hydrogen (secondary N) is 1. The van der Waals surface area contributed by atoms with Crippen LogP contribution in [0.3, 0.4) is 0 Å². The van der Waals surface area contributed by atoms with Gasteiger partial charge in [-0.2, -0.15) is 14.0 Å². The van der Waals surface area contributed by atoms with Crippen LogP contribution in [0.4, 0.5) is 8.78 Å². The molecule has 0 aliphatic carbocycles. The van der Waals surface area contributed by atoms with Crippen LogP contribution in [-0.4, -0.2) is 93.1 Å². The Labute approximate surface area is 282 Å². The molecule has 0 radical (unpaired) electrons. The molecular weight excluding hydrogens is 655 g/mol. The SMILES string of the molecule is CCN1CC[C@H]2CC[C@@H](C(=O)N3C[C@H](c4ccccc4)[C@@H](C#N)C3)N2C(=O)C(NC(=O)c2ccc3ccc(C(F)(F)P(=O)(O)O)cc3c2)C1. The summed E-state index contributed by atoms with van der Waals surface area (Å²) >= 11 is 0. The standard InChI is InChI=1S/C35H38F2N5O6P/c1-2-40-15-14-28-12-13-31(34(45)41-19-26(18-38)29(20-41)23-6-4-3-5-7-23)42(28)33(44)30(21-40)39-32(43)24-9-8-22-10-11-27(17-25(22)16-24)35(36,37)49(46,47)48/h3-11,16-17,26,28-31H,2,12-15,19-21H2,1H3,(H,39,43)(H2,46,47,48)/t26-,28+,29+,30?,31-/m0/s1. The number of nitriles is 1. The van der Waals surface area contributed by atoms with E-state index in [2.05, 4.69) is 16.3 Å². The predicted octanol–water partition coefficient (Wildman–Crippen LogP) is 4.02. The number of carbonyl (C=O) groups excluding carboxylic acids is 3. The summed E-state index contributed by atoms with van der Waals surface area (Å²) in [5.74, 6) is -1.73. The van der Waals surface area contributed by atoms with Crippen LogP contribution < -0.4 is 5.32 Å². The van der Waals surface area contributed by atoms with E-state index in [0.717, 1.165) is 17.7 Å². The fourth-order valence-corrected chi connectivity index (χ4v) is 7.90. The molecule has 3 fully saturated rings. The third-order valence-corrected chi connectivity index (χ3v) is 11.1. The van der Waals surface area contributed by atoms with E-state index in [9.17, 15) is 42.8 Å². The maximum atomic E-state index is 14.4. The van der Waals surface area contributed by atoms with Gasteiger partial charge in [0.25, 0.3) is 5.91 Å². The molecule has 0 saturated carbocycles. The lowest BCUT2D eigenvalue weighted by Crippen LogP contribution is -2.60. The van der Waals surface area contributed by atoms with Crippen molar-refractivity contribution in [1.29, 1.82) is 5.26 Å². The maximum absolute atomic E-state index is 14.4. The number of nitrogens with zero attached hydrogens (tertiary/aromatic N) is 4. The van der Waals surface area contributed by atoms with Crippen molar-refractivity contribution in [2.75, 3.05) is 32.7 Å². The third-order valence-electron chi connectivity index (χ3n) is 10.2. The van der Waals surface area contributed by atoms with Gasteiger partial charge in [0.2, 0.25) is 11.8 Å². The molecule has 11 nitrogen and oxygen atoms in total. The molecule has 258 valence electrons. The number of likely N-dealkylation sites (tertiary alicyclic amines) is 1. The molecule has 3 amide bonds. The molecule has 14 heteroatoms. The van der Waals surface area contributed by atoms with Gasteiger partial charge in [0.1, 0.15) is 12.1 Å². The zero-order chi connectivity index (χ0) is 35.1. The average molecular weight is 694 g/mol. The molecule has 3 N–H and O–H groups in total. The van der Waals surface area contributed by atoms with Crippen LogP contribution >= 0.6 is 7.60 Å². The number of carbonyl (C=O) groups is 3. The number of halogens is 2. The second-order valence-corrected chi connectivity index (χ2v) is 14.7. The van der Waals surface area contributed by atoms with Crippen LogP contribution in [0.5, 0.6) is 0 Å². The van der Waals surface area contributed by atoms with Crippen LogP contribution in [0.1, 0.15) is 53.6 Å². The molecule has 3 aliphatic rings. The van der Waals surface area contributed by atoms with E-state index >= 15 is 0 Å². The quantitative estimate of drug-likeness (QED) is 0.314. The second-order valence-electron chi connectivity index (χ2n) is 13.1. The van der Waals surface area contributed by atoms with Gasteiger partial charge < -0.3 is 29.8 Å². The molecule has 49 heavy (non-hydrogen) atoms. The lowest BCUT2D eigenvalue weighted by Gasteiger charge is -2.39. The fraction of sp³-hybridized carbons (Fsp3) is 0.429. The van der Waals surface area contributed by atoms with E-state index in [1.54, 1.807) is 9.80 Å². The van der Waals surface area contributed by atoms with Crippen molar-refractivity contribution < 1.29 is 37.5 Å². The van der Waals surface area contributed by atoms with E-state index in [1.165, 1.54) is 24.3 Å². The molecule has 6 rings (SSSR count). The number of benzene rings is 3. The van der Waals surface area contributed by atoms with E-state index in [-0.39, 0.29) is 53.7 Å². The van der Waals surface area contributed by atoms with Crippen LogP contribution in [0, 0.1) is 17.2 Å². The Morgan fingerprint density at radius 2 is 1.73 bits per heavy atom. The number of alkyl halides is 2. The molecule has 5 atom stereocenters. The lowest BCUT2D eigenvalue weighted by atomic mass is 9.90. The summed E-state index contributed by atoms with van der Waals surface area (Å²) < 4.78 is 40.3. The van der Waals surface area contributed by atoms with E-state index in [4.69, 9.17) is 0 Å². The molecule has 3 aliphatic heterocycles. The molecule has 0 bridgehead atoms. The minimum atomic E-state index is -5.80. The summed E-state index contributed by atoms with van der Waals surface area (Å²) in [6.07, 6.45) is 1.77. The number of amides is 3. The normalized spacial score (nSPS) is 25.1. The van der Waals surface area contributed by atoms with Gasteiger partial charge in [0.05, 0.1) is 12.0 Å². The van der Waals surface area contributed by atoms with Gasteiger partial charge in [-0.25, -0.2) is 0 Å². The summed E-state index contributed by atoms with van der Waals surface area (Å²) in [7, 11) is -5.80. The zero-order valence-electron chi connectivity index (χ0n) is 26.9. The highest BCUT2D eigenvalue weighted by atomic mass is 31.2. The third kappa shape index (κ3) is 6.71. The Hall–Kier alpha value is -4.21. The van der Waals surface area contributed by atoms with Gasteiger partial charge in [-0.15, -0.1) is 0 Å². The van der Waals surface area contributed by atoms with Crippen molar-refractivity contribution in [2.24, 2.45) is 5.92 Å². The topological polar surface area (TPSA) is 154 Å². The molecule has 3 heterocycles. The number of hydrogen-bond acceptors (Lipinski definition) is 6. The molecule has 3 aromatic rings. The molecule has 3 aromatic carbocycles. The Bertz CT molecular complexity index is 1850. The predicted molar refractivity (Wildman–Crippen MR) is 176 cm³/mol. The van der Waals surface area contributed by atoms with E-state index < -0.39 is 36.8 Å². The Morgan fingerprint density at radius 1 is 1.00 bits per heavy atom. The van der Waals surface area contributed by atoms with Crippen molar-refractivity contribution in [2.45, 2.75) is 55.9 Å². The maximum Gasteiger partial charge on any atom is 0.399 e. The van der Waals surface area contributed by atoms with Gasteiger partial charge in [-0.3, -0.25) is 18.9 Å². The van der Waals surface area contributed by atoms with Gasteiger partial charge in [-0.1, -0.05) is 55.5 Å². The number of rotatable bonds is 7. The van der Waals surface area contributed by atoms with E-state index in [1.807, 2.05) is 37.3 Å². The van der Waals surface area contributed by atoms with Gasteiger partial charge in [-0.05, 0) is 60.3 Å². The highest BCUT2D eigenvalue weighted by Crippen LogP contribution is 2.59. The summed E-state index contributed by atoms with van der Waals surface area (Å²) in [5.41, 5.74) is -4.25. The van der Waals surface area contributed by atoms with Crippen LogP contribution in [0.2, 0.25) is 0 Å². The Balaban J connectivity index is 1.23. The van der Waals surface area contributed by atoms with E-state index in [0.29, 0.717) is 44.3 Å². The molecule has 0 spiro atoms. The summed E-state index contributed by atoms with van der Waals surface area (Å²) in [5, 5.41) is 13.4. The highest BCUT2D eigenvalue weighted by molar-refractivity contribution is 7.52. The number of hydrogen-bond donors (Lipinski definition) is 3. The lowest BCUT2D eigenvalue weighted by molar-refractivity contribution is -0.147. The smallest absolute Gasteiger partial charge is 0.339 e. The Kier molecular flexibility index (Phi) is 9.61. The zero-order valence-corrected chi connectivity index (χ0v) is 27.8. The first-order valence-electron chi connectivity index (χ1n) is 16.4. The van der Waals surface area contributed by atoms with Crippen molar-refractivity contribution >= 4 is 36.1 Å². The highest BCUT2D eigenvalue weighted by Gasteiger charge is 2.51. The fourth-order valence-electron chi connectivity index (χ4n) is 7.42. The minimum Gasteiger partial charge on any atom is -0.339 e. The van der Waals surface area contributed by atoms with Gasteiger partial charge in [0, 0.05) is 49.3 Å². The number of likely N-dealkylation sites (N-methyl/N-ethyl adjacent to an activating group) is 1. The average Bonchev–Trinajstić information content (AvgIpc) is 3.72. The van der Waals surface area contributed by atoms with Crippen molar-refractivity contribution in [1.82, 2.24) is 20.0 Å². The Morgan fingerprint density at radius 3 is 2.43 bits per heavy atom. The first-order valence-corrected chi connectivity index (χ1v) is 18.0. The van der Waals surface area contributed by atoms with Crippen LogP contribution in [0.25, 0.3) is 10.8 Å². The minimum absolute atomic E-state index is 0.0687. The van der Waals surface area contributed by atoms with Gasteiger partial charge in [0.15, 0.2) is 0 Å². The second kappa shape index (κ2) is 13.6. The first-order chi connectivity index (χ1) is 23.3. The van der Waals surface area contributed by atoms with Crippen molar-refractivity contribution in [3.8, 4) is 6.07 Å². The van der Waals surface area contributed by atoms with Crippen LogP contribution in [-0.2, 0) is 19.8 Å². The van der Waals surface area contributed by atoms with Crippen molar-refractivity contribution in [3.63, 3.8) is 0 Å². The molecule has 1 unspecified atom stereocenters.